The smallest absolute Gasteiger partial charge is 0.321 e. The molecule has 0 saturated heterocycles. The van der Waals surface area contributed by atoms with Gasteiger partial charge in [0.05, 0.1) is 18.3 Å². The van der Waals surface area contributed by atoms with Gasteiger partial charge < -0.3 is 9.84 Å². The molecule has 0 amide bonds. The predicted octanol–water partition coefficient (Wildman–Crippen LogP) is 1.75. The van der Waals surface area contributed by atoms with Crippen LogP contribution in [0.2, 0.25) is 0 Å². The summed E-state index contributed by atoms with van der Waals surface area (Å²) in [7, 11) is 1.50. The van der Waals surface area contributed by atoms with E-state index in [0.717, 1.165) is 5.52 Å². The maximum Gasteiger partial charge on any atom is 0.321 e. The largest absolute Gasteiger partial charge is 0.480 e. The van der Waals surface area contributed by atoms with Crippen molar-refractivity contribution in [2.75, 3.05) is 13.7 Å². The van der Waals surface area contributed by atoms with Gasteiger partial charge in [0.15, 0.2) is 0 Å². The van der Waals surface area contributed by atoms with Crippen molar-refractivity contribution in [1.29, 1.82) is 0 Å². The number of ether oxygens (including phenoxy) is 1. The molecule has 6 heteroatoms. The molecule has 6 nitrogen and oxygen atoms in total. The lowest BCUT2D eigenvalue weighted by Gasteiger charge is -2.28. The van der Waals surface area contributed by atoms with E-state index in [1.807, 2.05) is 18.2 Å². The Balaban J connectivity index is 2.26. The van der Waals surface area contributed by atoms with Crippen molar-refractivity contribution in [2.24, 2.45) is 0 Å². The van der Waals surface area contributed by atoms with Gasteiger partial charge in [-0.25, -0.2) is 9.50 Å². The minimum atomic E-state index is -1.29. The van der Waals surface area contributed by atoms with Crippen LogP contribution in [0.3, 0.4) is 0 Å². The lowest BCUT2D eigenvalue weighted by atomic mass is 9.76. The van der Waals surface area contributed by atoms with Crippen LogP contribution in [0.5, 0.6) is 0 Å². The molecule has 0 fully saturated rings. The lowest BCUT2D eigenvalue weighted by molar-refractivity contribution is -0.144. The molecule has 1 aromatic carbocycles. The van der Waals surface area contributed by atoms with Crippen molar-refractivity contribution >= 4 is 11.5 Å². The van der Waals surface area contributed by atoms with Gasteiger partial charge in [0.25, 0.3) is 0 Å². The average Bonchev–Trinajstić information content (AvgIpc) is 2.97. The third kappa shape index (κ3) is 2.14. The van der Waals surface area contributed by atoms with Crippen LogP contribution in [-0.4, -0.2) is 39.4 Å². The molecule has 22 heavy (non-hydrogen) atoms. The monoisotopic (exact) mass is 297 g/mol. The summed E-state index contributed by atoms with van der Waals surface area (Å²) in [4.78, 5) is 16.1. The highest BCUT2D eigenvalue weighted by atomic mass is 16.5. The summed E-state index contributed by atoms with van der Waals surface area (Å²) in [6, 6.07) is 10.9. The molecule has 1 atom stereocenters. The van der Waals surface area contributed by atoms with Crippen LogP contribution in [0.15, 0.2) is 55.1 Å². The first-order chi connectivity index (χ1) is 10.7. The van der Waals surface area contributed by atoms with Gasteiger partial charge in [0.1, 0.15) is 11.7 Å². The highest BCUT2D eigenvalue weighted by molar-refractivity contribution is 5.87. The summed E-state index contributed by atoms with van der Waals surface area (Å²) >= 11 is 0. The summed E-state index contributed by atoms with van der Waals surface area (Å²) in [5.41, 5.74) is 0.709. The molecule has 0 bridgehead atoms. The summed E-state index contributed by atoms with van der Waals surface area (Å²) < 4.78 is 6.86. The Hall–Kier alpha value is -2.73. The zero-order valence-electron chi connectivity index (χ0n) is 12.0. The third-order valence-corrected chi connectivity index (χ3v) is 3.76. The van der Waals surface area contributed by atoms with E-state index < -0.39 is 11.4 Å². The summed E-state index contributed by atoms with van der Waals surface area (Å²) in [5.74, 6) is -0.968. The molecule has 2 aromatic heterocycles. The molecule has 0 saturated carbocycles. The molecule has 1 N–H and O–H groups in total. The van der Waals surface area contributed by atoms with Crippen molar-refractivity contribution in [3.8, 4) is 0 Å². The number of hydrogen-bond acceptors (Lipinski definition) is 4. The van der Waals surface area contributed by atoms with E-state index in [4.69, 9.17) is 4.74 Å². The molecule has 3 rings (SSSR count). The molecule has 112 valence electrons. The number of carbonyl (C=O) groups is 1. The van der Waals surface area contributed by atoms with E-state index in [-0.39, 0.29) is 6.61 Å². The third-order valence-electron chi connectivity index (χ3n) is 3.76. The number of aromatic nitrogens is 3. The van der Waals surface area contributed by atoms with Gasteiger partial charge in [0.2, 0.25) is 0 Å². The zero-order valence-corrected chi connectivity index (χ0v) is 12.0. The molecule has 0 aliphatic heterocycles. The van der Waals surface area contributed by atoms with Gasteiger partial charge in [0, 0.05) is 13.3 Å². The van der Waals surface area contributed by atoms with E-state index in [2.05, 4.69) is 10.1 Å². The molecule has 2 heterocycles. The molecule has 0 aliphatic carbocycles. The SMILES string of the molecule is COCC(C(=O)O)(c1ccccc1)c1cc2cncnn2c1. The number of nitrogens with zero attached hydrogens (tertiary/aromatic N) is 3. The topological polar surface area (TPSA) is 76.7 Å². The molecule has 0 radical (unpaired) electrons. The molecular weight excluding hydrogens is 282 g/mol. The molecule has 1 unspecified atom stereocenters. The Morgan fingerprint density at radius 2 is 2.09 bits per heavy atom. The number of methoxy groups -OCH3 is 1. The van der Waals surface area contributed by atoms with Crippen molar-refractivity contribution in [3.63, 3.8) is 0 Å². The van der Waals surface area contributed by atoms with E-state index in [1.54, 1.807) is 35.1 Å². The normalized spacial score (nSPS) is 13.9. The maximum absolute atomic E-state index is 12.2. The number of rotatable bonds is 5. The quantitative estimate of drug-likeness (QED) is 0.776. The number of benzene rings is 1. The fourth-order valence-corrected chi connectivity index (χ4v) is 2.68. The van der Waals surface area contributed by atoms with E-state index in [1.165, 1.54) is 13.4 Å². The Labute approximate surface area is 127 Å². The zero-order chi connectivity index (χ0) is 15.6. The van der Waals surface area contributed by atoms with Crippen molar-refractivity contribution in [1.82, 2.24) is 14.6 Å². The fourth-order valence-electron chi connectivity index (χ4n) is 2.68. The van der Waals surface area contributed by atoms with Crippen LogP contribution < -0.4 is 0 Å². The highest BCUT2D eigenvalue weighted by Gasteiger charge is 2.43. The Bertz CT molecular complexity index is 768. The summed E-state index contributed by atoms with van der Waals surface area (Å²) in [6.45, 7) is 0.0245. The fraction of sp³-hybridized carbons (Fsp3) is 0.188. The first-order valence-corrected chi connectivity index (χ1v) is 6.75. The van der Waals surface area contributed by atoms with Gasteiger partial charge in [-0.05, 0) is 17.2 Å². The first-order valence-electron chi connectivity index (χ1n) is 6.75. The molecular formula is C16H15N3O3. The number of aliphatic carboxylic acids is 1. The van der Waals surface area contributed by atoms with Crippen LogP contribution in [0.4, 0.5) is 0 Å². The lowest BCUT2D eigenvalue weighted by Crippen LogP contribution is -2.41. The maximum atomic E-state index is 12.2. The van der Waals surface area contributed by atoms with Crippen molar-refractivity contribution in [3.05, 3.63) is 66.2 Å². The van der Waals surface area contributed by atoms with Gasteiger partial charge in [-0.3, -0.25) is 4.79 Å². The van der Waals surface area contributed by atoms with Gasteiger partial charge in [-0.2, -0.15) is 5.10 Å². The van der Waals surface area contributed by atoms with Crippen molar-refractivity contribution < 1.29 is 14.6 Å². The minimum absolute atomic E-state index is 0.0245. The minimum Gasteiger partial charge on any atom is -0.480 e. The van der Waals surface area contributed by atoms with Gasteiger partial charge in [-0.15, -0.1) is 0 Å². The second-order valence-corrected chi connectivity index (χ2v) is 5.02. The van der Waals surface area contributed by atoms with Gasteiger partial charge >= 0.3 is 5.97 Å². The molecule has 0 aliphatic rings. The van der Waals surface area contributed by atoms with Crippen LogP contribution in [-0.2, 0) is 14.9 Å². The van der Waals surface area contributed by atoms with Crippen molar-refractivity contribution in [2.45, 2.75) is 5.41 Å². The second-order valence-electron chi connectivity index (χ2n) is 5.02. The van der Waals surface area contributed by atoms with E-state index in [9.17, 15) is 9.90 Å². The average molecular weight is 297 g/mol. The van der Waals surface area contributed by atoms with Crippen LogP contribution in [0.1, 0.15) is 11.1 Å². The van der Waals surface area contributed by atoms with Crippen LogP contribution >= 0.6 is 0 Å². The van der Waals surface area contributed by atoms with Gasteiger partial charge in [-0.1, -0.05) is 30.3 Å². The highest BCUT2D eigenvalue weighted by Crippen LogP contribution is 2.34. The van der Waals surface area contributed by atoms with Crippen LogP contribution in [0, 0.1) is 0 Å². The number of hydrogen-bond donors (Lipinski definition) is 1. The number of fused-ring (bicyclic) bond motifs is 1. The first kappa shape index (κ1) is 14.2. The number of carboxylic acid groups (broad SMARTS) is 1. The second kappa shape index (κ2) is 5.57. The standard InChI is InChI=1S/C16H15N3O3/c1-22-10-16(15(20)21,12-5-3-2-4-6-12)13-7-14-8-17-11-18-19(14)9-13/h2-9,11H,10H2,1H3,(H,20,21). The molecule has 3 aromatic rings. The van der Waals surface area contributed by atoms with E-state index >= 15 is 0 Å². The Morgan fingerprint density at radius 1 is 1.32 bits per heavy atom. The number of carboxylic acids is 1. The predicted molar refractivity (Wildman–Crippen MR) is 79.7 cm³/mol. The van der Waals surface area contributed by atoms with E-state index in [0.29, 0.717) is 11.1 Å². The Kier molecular flexibility index (Phi) is 3.60. The van der Waals surface area contributed by atoms with Crippen LogP contribution in [0.25, 0.3) is 5.52 Å². The Morgan fingerprint density at radius 3 is 2.73 bits per heavy atom. The summed E-state index contributed by atoms with van der Waals surface area (Å²) in [6.07, 6.45) is 4.76. The molecule has 0 spiro atoms. The summed E-state index contributed by atoms with van der Waals surface area (Å²) in [5, 5.41) is 14.1.